The maximum absolute atomic E-state index is 5.81. The maximum Gasteiger partial charge on any atom is 0.127 e. The van der Waals surface area contributed by atoms with Crippen molar-refractivity contribution in [2.24, 2.45) is 12.8 Å². The van der Waals surface area contributed by atoms with Crippen molar-refractivity contribution in [1.29, 1.82) is 0 Å². The summed E-state index contributed by atoms with van der Waals surface area (Å²) in [4.78, 5) is 0. The second-order valence-electron chi connectivity index (χ2n) is 4.69. The number of aromatic nitrogens is 2. The molecule has 2 N–H and O–H groups in total. The van der Waals surface area contributed by atoms with Gasteiger partial charge in [-0.3, -0.25) is 4.68 Å². The van der Waals surface area contributed by atoms with E-state index in [1.165, 1.54) is 16.7 Å². The zero-order valence-corrected chi connectivity index (χ0v) is 10.7. The fourth-order valence-corrected chi connectivity index (χ4v) is 2.48. The lowest BCUT2D eigenvalue weighted by molar-refractivity contribution is 0.353. The topological polar surface area (TPSA) is 53.1 Å². The van der Waals surface area contributed by atoms with E-state index in [1.807, 2.05) is 17.9 Å². The summed E-state index contributed by atoms with van der Waals surface area (Å²) in [7, 11) is 1.96. The van der Waals surface area contributed by atoms with Crippen molar-refractivity contribution in [3.05, 3.63) is 35.2 Å². The highest BCUT2D eigenvalue weighted by Gasteiger charge is 2.18. The summed E-state index contributed by atoms with van der Waals surface area (Å²) in [5.74, 6) is 0.989. The molecule has 1 aromatic heterocycles. The molecule has 0 unspecified atom stereocenters. The van der Waals surface area contributed by atoms with E-state index in [-0.39, 0.29) is 0 Å². The van der Waals surface area contributed by atoms with Crippen LogP contribution in [0.25, 0.3) is 11.1 Å². The molecule has 94 valence electrons. The average Bonchev–Trinajstić information content (AvgIpc) is 2.96. The Morgan fingerprint density at radius 2 is 2.28 bits per heavy atom. The highest BCUT2D eigenvalue weighted by atomic mass is 16.5. The third kappa shape index (κ3) is 1.61. The molecule has 2 heterocycles. The minimum atomic E-state index is 0.509. The Morgan fingerprint density at radius 3 is 2.94 bits per heavy atom. The molecule has 0 amide bonds. The Kier molecular flexibility index (Phi) is 2.59. The van der Waals surface area contributed by atoms with E-state index in [0.717, 1.165) is 30.0 Å². The fourth-order valence-electron chi connectivity index (χ4n) is 2.48. The van der Waals surface area contributed by atoms with Gasteiger partial charge in [0.2, 0.25) is 0 Å². The largest absolute Gasteiger partial charge is 0.493 e. The van der Waals surface area contributed by atoms with Crippen LogP contribution in [0.4, 0.5) is 0 Å². The normalized spacial score (nSPS) is 13.5. The second-order valence-corrected chi connectivity index (χ2v) is 4.69. The molecule has 1 aliphatic heterocycles. The first-order chi connectivity index (χ1) is 8.70. The molecule has 4 nitrogen and oxygen atoms in total. The van der Waals surface area contributed by atoms with Gasteiger partial charge in [-0.25, -0.2) is 0 Å². The van der Waals surface area contributed by atoms with Crippen LogP contribution < -0.4 is 10.5 Å². The van der Waals surface area contributed by atoms with E-state index in [2.05, 4.69) is 24.2 Å². The van der Waals surface area contributed by atoms with Gasteiger partial charge in [0.1, 0.15) is 5.75 Å². The lowest BCUT2D eigenvalue weighted by atomic mass is 9.99. The van der Waals surface area contributed by atoms with Crippen LogP contribution in [0, 0.1) is 6.92 Å². The molecule has 3 rings (SSSR count). The van der Waals surface area contributed by atoms with Gasteiger partial charge in [0.25, 0.3) is 0 Å². The van der Waals surface area contributed by atoms with Gasteiger partial charge in [-0.2, -0.15) is 5.10 Å². The standard InChI is InChI=1S/C14H17N3O/c1-9-13(8-16-17(9)2)11-5-10-3-4-18-14(10)12(6-11)7-15/h5-6,8H,3-4,7,15H2,1-2H3. The van der Waals surface area contributed by atoms with Crippen LogP contribution in [-0.4, -0.2) is 16.4 Å². The van der Waals surface area contributed by atoms with Crippen LogP contribution in [0.1, 0.15) is 16.8 Å². The van der Waals surface area contributed by atoms with Crippen molar-refractivity contribution in [2.75, 3.05) is 6.61 Å². The Morgan fingerprint density at radius 1 is 1.44 bits per heavy atom. The average molecular weight is 243 g/mol. The molecule has 0 radical (unpaired) electrons. The van der Waals surface area contributed by atoms with Gasteiger partial charge in [-0.15, -0.1) is 0 Å². The van der Waals surface area contributed by atoms with Crippen LogP contribution in [0.15, 0.2) is 18.3 Å². The van der Waals surface area contributed by atoms with Gasteiger partial charge in [0.05, 0.1) is 12.8 Å². The first kappa shape index (κ1) is 11.3. The van der Waals surface area contributed by atoms with E-state index in [9.17, 15) is 0 Å². The third-order valence-corrected chi connectivity index (χ3v) is 3.63. The molecule has 0 atom stereocenters. The number of benzene rings is 1. The van der Waals surface area contributed by atoms with Crippen molar-refractivity contribution in [2.45, 2.75) is 19.9 Å². The van der Waals surface area contributed by atoms with E-state index >= 15 is 0 Å². The van der Waals surface area contributed by atoms with Crippen molar-refractivity contribution in [3.8, 4) is 16.9 Å². The number of nitrogens with two attached hydrogens (primary N) is 1. The summed E-state index contributed by atoms with van der Waals surface area (Å²) in [6.45, 7) is 3.35. The highest BCUT2D eigenvalue weighted by Crippen LogP contribution is 2.35. The van der Waals surface area contributed by atoms with Gasteiger partial charge >= 0.3 is 0 Å². The number of rotatable bonds is 2. The van der Waals surface area contributed by atoms with E-state index in [4.69, 9.17) is 10.5 Å². The third-order valence-electron chi connectivity index (χ3n) is 3.63. The van der Waals surface area contributed by atoms with E-state index < -0.39 is 0 Å². The molecule has 2 aromatic rings. The predicted molar refractivity (Wildman–Crippen MR) is 70.5 cm³/mol. The molecule has 0 saturated carbocycles. The molecule has 0 saturated heterocycles. The zero-order chi connectivity index (χ0) is 12.7. The molecule has 0 aliphatic carbocycles. The summed E-state index contributed by atoms with van der Waals surface area (Å²) in [6.07, 6.45) is 2.88. The molecular formula is C14H17N3O. The minimum Gasteiger partial charge on any atom is -0.493 e. The molecule has 1 aliphatic rings. The number of fused-ring (bicyclic) bond motifs is 1. The monoisotopic (exact) mass is 243 g/mol. The molecule has 0 fully saturated rings. The Balaban J connectivity index is 2.16. The summed E-state index contributed by atoms with van der Waals surface area (Å²) in [5.41, 5.74) is 11.7. The SMILES string of the molecule is Cc1c(-c2cc(CN)c3c(c2)CCO3)cnn1C. The number of ether oxygens (including phenoxy) is 1. The van der Waals surface area contributed by atoms with E-state index in [1.54, 1.807) is 0 Å². The smallest absolute Gasteiger partial charge is 0.127 e. The number of hydrogen-bond acceptors (Lipinski definition) is 3. The van der Waals surface area contributed by atoms with Crippen LogP contribution >= 0.6 is 0 Å². The first-order valence-electron chi connectivity index (χ1n) is 6.18. The first-order valence-corrected chi connectivity index (χ1v) is 6.18. The summed E-state index contributed by atoms with van der Waals surface area (Å²) in [6, 6.07) is 4.32. The van der Waals surface area contributed by atoms with Crippen molar-refractivity contribution in [1.82, 2.24) is 9.78 Å². The van der Waals surface area contributed by atoms with Crippen LogP contribution in [0.2, 0.25) is 0 Å². The summed E-state index contributed by atoms with van der Waals surface area (Å²) < 4.78 is 7.54. The molecule has 1 aromatic carbocycles. The Bertz CT molecular complexity index is 601. The van der Waals surface area contributed by atoms with Crippen molar-refractivity contribution in [3.63, 3.8) is 0 Å². The maximum atomic E-state index is 5.81. The van der Waals surface area contributed by atoms with Gasteiger partial charge in [0, 0.05) is 36.8 Å². The zero-order valence-electron chi connectivity index (χ0n) is 10.7. The molecule has 18 heavy (non-hydrogen) atoms. The van der Waals surface area contributed by atoms with Gasteiger partial charge < -0.3 is 10.5 Å². The van der Waals surface area contributed by atoms with Gasteiger partial charge in [-0.05, 0) is 30.2 Å². The predicted octanol–water partition coefficient (Wildman–Crippen LogP) is 1.79. The van der Waals surface area contributed by atoms with Crippen molar-refractivity contribution >= 4 is 0 Å². The molecule has 4 heteroatoms. The van der Waals surface area contributed by atoms with Gasteiger partial charge in [0.15, 0.2) is 0 Å². The number of hydrogen-bond donors (Lipinski definition) is 1. The molecule has 0 spiro atoms. The van der Waals surface area contributed by atoms with Gasteiger partial charge in [-0.1, -0.05) is 0 Å². The Hall–Kier alpha value is -1.81. The molecular weight excluding hydrogens is 226 g/mol. The van der Waals surface area contributed by atoms with Crippen LogP contribution in [-0.2, 0) is 20.0 Å². The summed E-state index contributed by atoms with van der Waals surface area (Å²) >= 11 is 0. The van der Waals surface area contributed by atoms with E-state index in [0.29, 0.717) is 6.54 Å². The number of nitrogens with zero attached hydrogens (tertiary/aromatic N) is 2. The van der Waals surface area contributed by atoms with Crippen LogP contribution in [0.3, 0.4) is 0 Å². The summed E-state index contributed by atoms with van der Waals surface area (Å²) in [5, 5.41) is 4.30. The second kappa shape index (κ2) is 4.14. The van der Waals surface area contributed by atoms with Crippen molar-refractivity contribution < 1.29 is 4.74 Å². The quantitative estimate of drug-likeness (QED) is 0.875. The fraction of sp³-hybridized carbons (Fsp3) is 0.357. The number of aryl methyl sites for hydroxylation is 1. The molecule has 0 bridgehead atoms. The Labute approximate surface area is 106 Å². The lowest BCUT2D eigenvalue weighted by Gasteiger charge is -2.09. The lowest BCUT2D eigenvalue weighted by Crippen LogP contribution is -2.00. The van der Waals surface area contributed by atoms with Crippen LogP contribution in [0.5, 0.6) is 5.75 Å². The minimum absolute atomic E-state index is 0.509. The highest BCUT2D eigenvalue weighted by molar-refractivity contribution is 5.69.